The molecule has 1 saturated heterocycles. The molecule has 0 aliphatic carbocycles. The van der Waals surface area contributed by atoms with Gasteiger partial charge >= 0.3 is 12.1 Å². The van der Waals surface area contributed by atoms with Crippen LogP contribution in [0.15, 0.2) is 42.5 Å². The van der Waals surface area contributed by atoms with Crippen LogP contribution in [-0.4, -0.2) is 60.4 Å². The Labute approximate surface area is 201 Å². The minimum absolute atomic E-state index is 0.00657. The zero-order chi connectivity index (χ0) is 24.9. The summed E-state index contributed by atoms with van der Waals surface area (Å²) in [5.41, 5.74) is 1.94. The lowest BCUT2D eigenvalue weighted by molar-refractivity contribution is -0.296. The third-order valence-electron chi connectivity index (χ3n) is 5.41. The van der Waals surface area contributed by atoms with Crippen molar-refractivity contribution in [1.29, 1.82) is 0 Å². The Kier molecular flexibility index (Phi) is 8.70. The van der Waals surface area contributed by atoms with Crippen LogP contribution in [0.2, 0.25) is 5.02 Å². The molecule has 1 heterocycles. The third kappa shape index (κ3) is 5.96. The van der Waals surface area contributed by atoms with Crippen LogP contribution in [-0.2, 0) is 20.6 Å². The highest BCUT2D eigenvalue weighted by atomic mass is 35.5. The lowest BCUT2D eigenvalue weighted by Crippen LogP contribution is -2.60. The molecule has 0 aromatic heterocycles. The van der Waals surface area contributed by atoms with Crippen LogP contribution in [0, 0.1) is 0 Å². The minimum Gasteiger partial charge on any atom is -0.494 e. The SMILES string of the molecule is CCOC(=O)OCC1OC(c2ccc(Cl)c(Cc3ccc(OCC)cc3)c2)C(O)C(O)C1(F)F. The van der Waals surface area contributed by atoms with Gasteiger partial charge in [0.05, 0.1) is 13.2 Å². The summed E-state index contributed by atoms with van der Waals surface area (Å²) in [4.78, 5) is 11.4. The summed E-state index contributed by atoms with van der Waals surface area (Å²) < 4.78 is 49.2. The van der Waals surface area contributed by atoms with Crippen molar-refractivity contribution in [1.82, 2.24) is 0 Å². The Hall–Kier alpha value is -2.46. The molecule has 2 aromatic rings. The maximum atomic E-state index is 14.6. The van der Waals surface area contributed by atoms with Gasteiger partial charge in [-0.1, -0.05) is 35.9 Å². The summed E-state index contributed by atoms with van der Waals surface area (Å²) in [6.07, 6.45) is -8.37. The summed E-state index contributed by atoms with van der Waals surface area (Å²) >= 11 is 6.35. The molecule has 4 atom stereocenters. The van der Waals surface area contributed by atoms with E-state index in [1.165, 1.54) is 13.0 Å². The number of benzene rings is 2. The van der Waals surface area contributed by atoms with Gasteiger partial charge in [-0.25, -0.2) is 13.6 Å². The van der Waals surface area contributed by atoms with E-state index in [0.29, 0.717) is 29.2 Å². The fourth-order valence-electron chi connectivity index (χ4n) is 3.66. The van der Waals surface area contributed by atoms with Crippen LogP contribution in [0.1, 0.15) is 36.6 Å². The third-order valence-corrected chi connectivity index (χ3v) is 5.78. The number of hydrogen-bond acceptors (Lipinski definition) is 7. The van der Waals surface area contributed by atoms with Gasteiger partial charge in [0, 0.05) is 5.02 Å². The van der Waals surface area contributed by atoms with Crippen molar-refractivity contribution in [2.45, 2.75) is 50.6 Å². The van der Waals surface area contributed by atoms with E-state index in [2.05, 4.69) is 9.47 Å². The summed E-state index contributed by atoms with van der Waals surface area (Å²) in [5, 5.41) is 21.0. The summed E-state index contributed by atoms with van der Waals surface area (Å²) in [6, 6.07) is 12.2. The number of alkyl halides is 2. The number of aliphatic hydroxyl groups is 2. The van der Waals surface area contributed by atoms with Crippen molar-refractivity contribution in [3.8, 4) is 5.75 Å². The van der Waals surface area contributed by atoms with Gasteiger partial charge in [0.15, 0.2) is 6.10 Å². The molecule has 1 fully saturated rings. The zero-order valence-electron chi connectivity index (χ0n) is 18.7. The second-order valence-corrected chi connectivity index (χ2v) is 8.16. The number of carbonyl (C=O) groups excluding carboxylic acids is 1. The Morgan fingerprint density at radius 3 is 2.44 bits per heavy atom. The second-order valence-electron chi connectivity index (χ2n) is 7.75. The largest absolute Gasteiger partial charge is 0.508 e. The van der Waals surface area contributed by atoms with Crippen molar-refractivity contribution < 1.29 is 42.7 Å². The lowest BCUT2D eigenvalue weighted by Gasteiger charge is -2.42. The maximum Gasteiger partial charge on any atom is 0.508 e. The van der Waals surface area contributed by atoms with E-state index in [9.17, 15) is 23.8 Å². The molecule has 0 saturated carbocycles. The van der Waals surface area contributed by atoms with Crippen LogP contribution in [0.5, 0.6) is 5.75 Å². The van der Waals surface area contributed by atoms with Gasteiger partial charge in [0.1, 0.15) is 30.7 Å². The highest BCUT2D eigenvalue weighted by molar-refractivity contribution is 6.31. The molecule has 1 aliphatic heterocycles. The predicted octanol–water partition coefficient (Wildman–Crippen LogP) is 4.30. The fourth-order valence-corrected chi connectivity index (χ4v) is 3.84. The quantitative estimate of drug-likeness (QED) is 0.522. The van der Waals surface area contributed by atoms with Gasteiger partial charge < -0.3 is 29.2 Å². The first-order valence-corrected chi connectivity index (χ1v) is 11.2. The van der Waals surface area contributed by atoms with E-state index in [0.717, 1.165) is 11.3 Å². The van der Waals surface area contributed by atoms with E-state index in [4.69, 9.17) is 21.1 Å². The molecule has 2 N–H and O–H groups in total. The average Bonchev–Trinajstić information content (AvgIpc) is 2.80. The Morgan fingerprint density at radius 2 is 1.79 bits per heavy atom. The van der Waals surface area contributed by atoms with E-state index >= 15 is 0 Å². The molecule has 186 valence electrons. The summed E-state index contributed by atoms with van der Waals surface area (Å²) in [6.45, 7) is 3.12. The highest BCUT2D eigenvalue weighted by Gasteiger charge is 2.58. The molecule has 0 bridgehead atoms. The van der Waals surface area contributed by atoms with Gasteiger partial charge in [-0.15, -0.1) is 0 Å². The molecule has 34 heavy (non-hydrogen) atoms. The van der Waals surface area contributed by atoms with E-state index < -0.39 is 43.1 Å². The van der Waals surface area contributed by atoms with Crippen LogP contribution >= 0.6 is 11.6 Å². The van der Waals surface area contributed by atoms with Gasteiger partial charge in [0.2, 0.25) is 0 Å². The number of halogens is 3. The zero-order valence-corrected chi connectivity index (χ0v) is 19.5. The highest BCUT2D eigenvalue weighted by Crippen LogP contribution is 2.41. The van der Waals surface area contributed by atoms with Crippen molar-refractivity contribution in [2.24, 2.45) is 0 Å². The monoisotopic (exact) mass is 500 g/mol. The van der Waals surface area contributed by atoms with E-state index in [1.54, 1.807) is 12.1 Å². The second kappa shape index (κ2) is 11.3. The normalized spacial score (nSPS) is 23.9. The number of hydrogen-bond donors (Lipinski definition) is 2. The van der Waals surface area contributed by atoms with Crippen molar-refractivity contribution in [3.63, 3.8) is 0 Å². The first-order chi connectivity index (χ1) is 16.2. The molecule has 10 heteroatoms. The summed E-state index contributed by atoms with van der Waals surface area (Å²) in [5.74, 6) is -3.13. The molecular formula is C24H27ClF2O7. The van der Waals surface area contributed by atoms with Crippen LogP contribution in [0.3, 0.4) is 0 Å². The standard InChI is InChI=1S/C24H27ClF2O7/c1-3-31-17-8-5-14(6-9-17)11-16-12-15(7-10-18(16)25)21-20(28)22(29)24(26,27)19(34-21)13-33-23(30)32-4-2/h5-10,12,19-22,28-29H,3-4,11,13H2,1-2H3. The first-order valence-electron chi connectivity index (χ1n) is 10.9. The first kappa shape index (κ1) is 26.2. The van der Waals surface area contributed by atoms with Crippen molar-refractivity contribution >= 4 is 17.8 Å². The van der Waals surface area contributed by atoms with Gasteiger partial charge in [-0.2, -0.15) is 0 Å². The average molecular weight is 501 g/mol. The van der Waals surface area contributed by atoms with Crippen LogP contribution in [0.25, 0.3) is 0 Å². The number of aliphatic hydroxyl groups excluding tert-OH is 2. The maximum absolute atomic E-state index is 14.6. The Balaban J connectivity index is 1.81. The molecule has 2 aromatic carbocycles. The number of rotatable bonds is 8. The lowest BCUT2D eigenvalue weighted by atomic mass is 9.89. The van der Waals surface area contributed by atoms with E-state index in [-0.39, 0.29) is 6.61 Å². The minimum atomic E-state index is -3.86. The Morgan fingerprint density at radius 1 is 1.09 bits per heavy atom. The molecular weight excluding hydrogens is 474 g/mol. The number of ether oxygens (including phenoxy) is 4. The smallest absolute Gasteiger partial charge is 0.494 e. The molecule has 0 spiro atoms. The number of carbonyl (C=O) groups is 1. The van der Waals surface area contributed by atoms with E-state index in [1.807, 2.05) is 31.2 Å². The van der Waals surface area contributed by atoms with Gasteiger partial charge in [0.25, 0.3) is 0 Å². The van der Waals surface area contributed by atoms with Crippen molar-refractivity contribution in [3.05, 3.63) is 64.2 Å². The Bertz CT molecular complexity index is 970. The van der Waals surface area contributed by atoms with Gasteiger partial charge in [-0.05, 0) is 55.2 Å². The molecule has 4 unspecified atom stereocenters. The van der Waals surface area contributed by atoms with Crippen LogP contribution < -0.4 is 4.74 Å². The summed E-state index contributed by atoms with van der Waals surface area (Å²) in [7, 11) is 0. The van der Waals surface area contributed by atoms with Crippen molar-refractivity contribution in [2.75, 3.05) is 19.8 Å². The van der Waals surface area contributed by atoms with Crippen LogP contribution in [0.4, 0.5) is 13.6 Å². The predicted molar refractivity (Wildman–Crippen MR) is 119 cm³/mol. The van der Waals surface area contributed by atoms with Gasteiger partial charge in [-0.3, -0.25) is 0 Å². The topological polar surface area (TPSA) is 94.5 Å². The molecule has 7 nitrogen and oxygen atoms in total. The molecule has 3 rings (SSSR count). The fraction of sp³-hybridized carbons (Fsp3) is 0.458. The molecule has 1 aliphatic rings. The molecule has 0 radical (unpaired) electrons. The molecule has 0 amide bonds.